The Kier molecular flexibility index (Phi) is 3.46. The SMILES string of the molecule is FC(F)(F)SNCc1cc(C2CO2)cc(C2CO2)c1. The molecule has 2 fully saturated rings. The van der Waals surface area contributed by atoms with Crippen LogP contribution in [-0.4, -0.2) is 18.7 Å². The van der Waals surface area contributed by atoms with Crippen LogP contribution in [0.3, 0.4) is 0 Å². The highest BCUT2D eigenvalue weighted by Gasteiger charge is 2.31. The Balaban J connectivity index is 1.68. The standard InChI is InChI=1S/C12H12F3NO2S/c13-12(14,15)19-16-4-7-1-8(10-5-17-10)3-9(2-7)11-6-18-11/h1-3,10-11,16H,4-6H2. The lowest BCUT2D eigenvalue weighted by Gasteiger charge is -2.09. The molecule has 2 unspecified atom stereocenters. The van der Waals surface area contributed by atoms with Crippen molar-refractivity contribution in [1.82, 2.24) is 4.72 Å². The summed E-state index contributed by atoms with van der Waals surface area (Å²) < 4.78 is 48.9. The van der Waals surface area contributed by atoms with Gasteiger partial charge in [0.25, 0.3) is 0 Å². The molecule has 0 saturated carbocycles. The molecule has 19 heavy (non-hydrogen) atoms. The third-order valence-corrected chi connectivity index (χ3v) is 3.43. The van der Waals surface area contributed by atoms with Crippen molar-refractivity contribution in [2.75, 3.05) is 13.2 Å². The van der Waals surface area contributed by atoms with Crippen LogP contribution >= 0.6 is 11.9 Å². The zero-order valence-electron chi connectivity index (χ0n) is 9.87. The van der Waals surface area contributed by atoms with E-state index in [4.69, 9.17) is 9.47 Å². The van der Waals surface area contributed by atoms with Crippen LogP contribution in [0, 0.1) is 0 Å². The summed E-state index contributed by atoms with van der Waals surface area (Å²) in [6, 6.07) is 5.77. The van der Waals surface area contributed by atoms with Gasteiger partial charge in [0.2, 0.25) is 0 Å². The fourth-order valence-electron chi connectivity index (χ4n) is 1.90. The molecule has 7 heteroatoms. The van der Waals surface area contributed by atoms with Crippen LogP contribution in [0.2, 0.25) is 0 Å². The summed E-state index contributed by atoms with van der Waals surface area (Å²) in [5.41, 5.74) is -1.42. The van der Waals surface area contributed by atoms with E-state index in [0.717, 1.165) is 16.7 Å². The second-order valence-corrected chi connectivity index (χ2v) is 5.48. The van der Waals surface area contributed by atoms with E-state index in [-0.39, 0.29) is 30.7 Å². The first-order valence-electron chi connectivity index (χ1n) is 5.86. The van der Waals surface area contributed by atoms with Gasteiger partial charge in [-0.3, -0.25) is 4.72 Å². The van der Waals surface area contributed by atoms with Crippen molar-refractivity contribution in [3.8, 4) is 0 Å². The molecule has 1 aromatic carbocycles. The minimum absolute atomic E-state index is 0.0905. The van der Waals surface area contributed by atoms with E-state index in [0.29, 0.717) is 13.2 Å². The summed E-state index contributed by atoms with van der Waals surface area (Å²) in [7, 11) is 0. The molecule has 0 radical (unpaired) electrons. The highest BCUT2D eigenvalue weighted by Crippen LogP contribution is 2.36. The zero-order valence-corrected chi connectivity index (χ0v) is 10.7. The van der Waals surface area contributed by atoms with E-state index in [1.54, 1.807) is 0 Å². The largest absolute Gasteiger partial charge is 0.456 e. The first-order chi connectivity index (χ1) is 9.01. The molecule has 0 spiro atoms. The van der Waals surface area contributed by atoms with Crippen molar-refractivity contribution in [1.29, 1.82) is 0 Å². The van der Waals surface area contributed by atoms with Crippen LogP contribution in [0.25, 0.3) is 0 Å². The number of rotatable bonds is 5. The molecule has 2 atom stereocenters. The first-order valence-corrected chi connectivity index (χ1v) is 6.67. The lowest BCUT2D eigenvalue weighted by molar-refractivity contribution is -0.0336. The Morgan fingerprint density at radius 1 is 1.11 bits per heavy atom. The minimum atomic E-state index is -4.26. The van der Waals surface area contributed by atoms with Gasteiger partial charge in [-0.15, -0.1) is 0 Å². The van der Waals surface area contributed by atoms with Crippen molar-refractivity contribution in [2.45, 2.75) is 24.3 Å². The number of benzene rings is 1. The van der Waals surface area contributed by atoms with Crippen LogP contribution in [0.15, 0.2) is 18.2 Å². The second kappa shape index (κ2) is 4.97. The number of ether oxygens (including phenoxy) is 2. The molecule has 104 valence electrons. The normalized spacial score (nSPS) is 25.4. The van der Waals surface area contributed by atoms with Crippen molar-refractivity contribution in [3.63, 3.8) is 0 Å². The van der Waals surface area contributed by atoms with Gasteiger partial charge in [0, 0.05) is 18.5 Å². The number of halogens is 3. The Morgan fingerprint density at radius 2 is 1.63 bits per heavy atom. The number of nitrogens with one attached hydrogen (secondary N) is 1. The molecule has 0 amide bonds. The number of epoxide rings is 2. The smallest absolute Gasteiger partial charge is 0.368 e. The number of hydrogen-bond donors (Lipinski definition) is 1. The van der Waals surface area contributed by atoms with Crippen molar-refractivity contribution < 1.29 is 22.6 Å². The molecule has 3 nitrogen and oxygen atoms in total. The van der Waals surface area contributed by atoms with Crippen molar-refractivity contribution in [2.24, 2.45) is 0 Å². The number of hydrogen-bond acceptors (Lipinski definition) is 4. The molecule has 2 aliphatic rings. The van der Waals surface area contributed by atoms with Gasteiger partial charge in [-0.1, -0.05) is 18.2 Å². The Bertz CT molecular complexity index is 442. The average Bonchev–Trinajstić information content (AvgIpc) is 3.17. The maximum absolute atomic E-state index is 12.1. The summed E-state index contributed by atoms with van der Waals surface area (Å²) in [6.07, 6.45) is 0.181. The van der Waals surface area contributed by atoms with E-state index < -0.39 is 5.51 Å². The van der Waals surface area contributed by atoms with E-state index in [1.807, 2.05) is 18.2 Å². The molecular weight excluding hydrogens is 279 g/mol. The van der Waals surface area contributed by atoms with Gasteiger partial charge in [0.15, 0.2) is 0 Å². The maximum Gasteiger partial charge on any atom is 0.456 e. The van der Waals surface area contributed by atoms with Crippen molar-refractivity contribution in [3.05, 3.63) is 34.9 Å². The van der Waals surface area contributed by atoms with E-state index in [1.165, 1.54) is 0 Å². The third kappa shape index (κ3) is 3.85. The summed E-state index contributed by atoms with van der Waals surface area (Å²) in [4.78, 5) is 0. The summed E-state index contributed by atoms with van der Waals surface area (Å²) in [6.45, 7) is 1.52. The fraction of sp³-hybridized carbons (Fsp3) is 0.500. The van der Waals surface area contributed by atoms with E-state index in [9.17, 15) is 13.2 Å². The predicted molar refractivity (Wildman–Crippen MR) is 64.3 cm³/mol. The quantitative estimate of drug-likeness (QED) is 0.668. The molecule has 2 saturated heterocycles. The maximum atomic E-state index is 12.1. The Hall–Kier alpha value is -0.760. The summed E-state index contributed by atoms with van der Waals surface area (Å²) >= 11 is -0.224. The number of alkyl halides is 3. The second-order valence-electron chi connectivity index (χ2n) is 4.52. The first kappa shape index (κ1) is 13.2. The topological polar surface area (TPSA) is 37.1 Å². The highest BCUT2D eigenvalue weighted by atomic mass is 32.2. The lowest BCUT2D eigenvalue weighted by atomic mass is 10.0. The van der Waals surface area contributed by atoms with Gasteiger partial charge >= 0.3 is 5.51 Å². The molecule has 1 N–H and O–H groups in total. The van der Waals surface area contributed by atoms with E-state index in [2.05, 4.69) is 4.72 Å². The van der Waals surface area contributed by atoms with Crippen LogP contribution < -0.4 is 4.72 Å². The molecule has 0 aliphatic carbocycles. The highest BCUT2D eigenvalue weighted by molar-refractivity contribution is 7.98. The van der Waals surface area contributed by atoms with Crippen LogP contribution in [0.1, 0.15) is 28.9 Å². The fourth-order valence-corrected chi connectivity index (χ4v) is 2.30. The summed E-state index contributed by atoms with van der Waals surface area (Å²) in [5.74, 6) is 0. The average molecular weight is 291 g/mol. The molecule has 2 heterocycles. The van der Waals surface area contributed by atoms with Gasteiger partial charge in [-0.2, -0.15) is 13.2 Å². The van der Waals surface area contributed by atoms with Gasteiger partial charge in [0.05, 0.1) is 13.2 Å². The van der Waals surface area contributed by atoms with Gasteiger partial charge < -0.3 is 9.47 Å². The molecule has 0 aromatic heterocycles. The van der Waals surface area contributed by atoms with Crippen LogP contribution in [0.5, 0.6) is 0 Å². The molecule has 0 bridgehead atoms. The third-order valence-electron chi connectivity index (χ3n) is 2.91. The predicted octanol–water partition coefficient (Wildman–Crippen LogP) is 3.09. The Morgan fingerprint density at radius 3 is 2.05 bits per heavy atom. The summed E-state index contributed by atoms with van der Waals surface area (Å²) in [5, 5.41) is 0. The molecule has 1 aromatic rings. The van der Waals surface area contributed by atoms with Gasteiger partial charge in [-0.25, -0.2) is 0 Å². The molecular formula is C12H12F3NO2S. The van der Waals surface area contributed by atoms with Crippen LogP contribution in [-0.2, 0) is 16.0 Å². The lowest BCUT2D eigenvalue weighted by Crippen LogP contribution is -2.13. The molecule has 2 aliphatic heterocycles. The van der Waals surface area contributed by atoms with Gasteiger partial charge in [0.1, 0.15) is 12.2 Å². The Labute approximate surface area is 112 Å². The monoisotopic (exact) mass is 291 g/mol. The van der Waals surface area contributed by atoms with Gasteiger partial charge in [-0.05, 0) is 16.7 Å². The van der Waals surface area contributed by atoms with E-state index >= 15 is 0 Å². The zero-order chi connectivity index (χ0) is 13.5. The molecule has 3 rings (SSSR count). The minimum Gasteiger partial charge on any atom is -0.368 e. The van der Waals surface area contributed by atoms with Crippen LogP contribution in [0.4, 0.5) is 13.2 Å². The van der Waals surface area contributed by atoms with Crippen molar-refractivity contribution >= 4 is 11.9 Å².